The van der Waals surface area contributed by atoms with Gasteiger partial charge in [0, 0.05) is 23.6 Å². The molecule has 0 spiro atoms. The van der Waals surface area contributed by atoms with Gasteiger partial charge in [0.1, 0.15) is 0 Å². The van der Waals surface area contributed by atoms with Gasteiger partial charge in [-0.25, -0.2) is 0 Å². The van der Waals surface area contributed by atoms with Gasteiger partial charge in [-0.2, -0.15) is 15.0 Å². The van der Waals surface area contributed by atoms with Crippen LogP contribution in [0.2, 0.25) is 0 Å². The van der Waals surface area contributed by atoms with Crippen LogP contribution in [0.25, 0.3) is 11.4 Å². The van der Waals surface area contributed by atoms with Crippen LogP contribution in [0, 0.1) is 0 Å². The van der Waals surface area contributed by atoms with E-state index >= 15 is 0 Å². The van der Waals surface area contributed by atoms with Crippen molar-refractivity contribution >= 4 is 17.6 Å². The number of aliphatic hydroxyl groups excluding tert-OH is 1. The van der Waals surface area contributed by atoms with Gasteiger partial charge in [-0.05, 0) is 18.6 Å². The van der Waals surface area contributed by atoms with E-state index in [1.807, 2.05) is 49.4 Å². The summed E-state index contributed by atoms with van der Waals surface area (Å²) in [4.78, 5) is 17.4. The molecule has 0 aliphatic carbocycles. The van der Waals surface area contributed by atoms with Gasteiger partial charge in [-0.3, -0.25) is 4.98 Å². The normalized spacial score (nSPS) is 11.8. The Hall–Kier alpha value is -3.06. The van der Waals surface area contributed by atoms with Crippen molar-refractivity contribution < 1.29 is 5.11 Å². The first-order chi connectivity index (χ1) is 12.3. The number of nitrogens with zero attached hydrogens (tertiary/aromatic N) is 4. The van der Waals surface area contributed by atoms with Crippen LogP contribution in [0.5, 0.6) is 0 Å². The molecule has 0 saturated carbocycles. The molecule has 0 radical (unpaired) electrons. The van der Waals surface area contributed by atoms with Crippen molar-refractivity contribution in [1.82, 2.24) is 19.9 Å². The van der Waals surface area contributed by atoms with Crippen LogP contribution in [0.15, 0.2) is 54.9 Å². The van der Waals surface area contributed by atoms with Crippen LogP contribution < -0.4 is 10.6 Å². The standard InChI is InChI=1S/C18H20N6O/c1-2-14(12-25)20-17-22-16(13-6-4-3-5-7-13)23-18(24-17)21-15-8-10-19-11-9-15/h3-11,14,25H,2,12H2,1H3,(H2,19,20,21,22,23,24). The maximum Gasteiger partial charge on any atom is 0.232 e. The van der Waals surface area contributed by atoms with Crippen LogP contribution >= 0.6 is 0 Å². The summed E-state index contributed by atoms with van der Waals surface area (Å²) in [5, 5.41) is 15.7. The van der Waals surface area contributed by atoms with E-state index in [0.717, 1.165) is 17.7 Å². The molecule has 0 bridgehead atoms. The fourth-order valence-corrected chi connectivity index (χ4v) is 2.24. The minimum absolute atomic E-state index is 0.00989. The lowest BCUT2D eigenvalue weighted by atomic mass is 10.2. The van der Waals surface area contributed by atoms with Crippen molar-refractivity contribution in [1.29, 1.82) is 0 Å². The Morgan fingerprint density at radius 1 is 0.960 bits per heavy atom. The molecule has 2 aromatic heterocycles. The number of hydrogen-bond donors (Lipinski definition) is 3. The molecule has 7 nitrogen and oxygen atoms in total. The van der Waals surface area contributed by atoms with E-state index in [4.69, 9.17) is 0 Å². The Morgan fingerprint density at radius 3 is 2.36 bits per heavy atom. The zero-order valence-corrected chi connectivity index (χ0v) is 13.9. The van der Waals surface area contributed by atoms with Gasteiger partial charge in [0.2, 0.25) is 11.9 Å². The van der Waals surface area contributed by atoms with E-state index in [1.54, 1.807) is 12.4 Å². The SMILES string of the molecule is CCC(CO)Nc1nc(Nc2ccncc2)nc(-c2ccccc2)n1. The first-order valence-electron chi connectivity index (χ1n) is 8.14. The van der Waals surface area contributed by atoms with Gasteiger partial charge >= 0.3 is 0 Å². The Balaban J connectivity index is 1.95. The lowest BCUT2D eigenvalue weighted by Crippen LogP contribution is -2.24. The summed E-state index contributed by atoms with van der Waals surface area (Å²) in [6.45, 7) is 2.00. The molecule has 0 aliphatic heterocycles. The number of hydrogen-bond acceptors (Lipinski definition) is 7. The fourth-order valence-electron chi connectivity index (χ4n) is 2.24. The molecule has 7 heteroatoms. The number of aromatic nitrogens is 4. The lowest BCUT2D eigenvalue weighted by molar-refractivity contribution is 0.271. The van der Waals surface area contributed by atoms with Gasteiger partial charge < -0.3 is 15.7 Å². The van der Waals surface area contributed by atoms with Crippen molar-refractivity contribution in [2.45, 2.75) is 19.4 Å². The van der Waals surface area contributed by atoms with E-state index in [-0.39, 0.29) is 12.6 Å². The quantitative estimate of drug-likeness (QED) is 0.610. The largest absolute Gasteiger partial charge is 0.394 e. The smallest absolute Gasteiger partial charge is 0.232 e. The Morgan fingerprint density at radius 2 is 1.68 bits per heavy atom. The third-order valence-electron chi connectivity index (χ3n) is 3.65. The third kappa shape index (κ3) is 4.48. The highest BCUT2D eigenvalue weighted by Gasteiger charge is 2.12. The fraction of sp³-hybridized carbons (Fsp3) is 0.222. The van der Waals surface area contributed by atoms with Crippen LogP contribution in [0.3, 0.4) is 0 Å². The second kappa shape index (κ2) is 8.16. The zero-order chi connectivity index (χ0) is 17.5. The minimum atomic E-state index is -0.111. The maximum absolute atomic E-state index is 9.42. The average molecular weight is 336 g/mol. The molecule has 1 aromatic carbocycles. The number of nitrogens with one attached hydrogen (secondary N) is 2. The van der Waals surface area contributed by atoms with Crippen LogP contribution in [0.1, 0.15) is 13.3 Å². The van der Waals surface area contributed by atoms with Crippen molar-refractivity contribution in [2.75, 3.05) is 17.2 Å². The molecule has 3 N–H and O–H groups in total. The summed E-state index contributed by atoms with van der Waals surface area (Å²) in [6.07, 6.45) is 4.15. The first kappa shape index (κ1) is 16.8. The molecule has 3 aromatic rings. The topological polar surface area (TPSA) is 95.8 Å². The highest BCUT2D eigenvalue weighted by molar-refractivity contribution is 5.60. The molecule has 25 heavy (non-hydrogen) atoms. The molecule has 128 valence electrons. The van der Waals surface area contributed by atoms with Crippen molar-refractivity contribution in [3.05, 3.63) is 54.9 Å². The Bertz CT molecular complexity index is 793. The van der Waals surface area contributed by atoms with Gasteiger partial charge in [0.25, 0.3) is 0 Å². The number of anilines is 3. The average Bonchev–Trinajstić information content (AvgIpc) is 2.67. The van der Waals surface area contributed by atoms with Gasteiger partial charge in [0.05, 0.1) is 12.6 Å². The predicted molar refractivity (Wildman–Crippen MR) is 97.6 cm³/mol. The lowest BCUT2D eigenvalue weighted by Gasteiger charge is -2.15. The molecule has 1 unspecified atom stereocenters. The van der Waals surface area contributed by atoms with E-state index in [2.05, 4.69) is 30.6 Å². The van der Waals surface area contributed by atoms with E-state index < -0.39 is 0 Å². The summed E-state index contributed by atoms with van der Waals surface area (Å²) in [5.74, 6) is 1.41. The molecular formula is C18H20N6O. The predicted octanol–water partition coefficient (Wildman–Crippen LogP) is 2.86. The summed E-state index contributed by atoms with van der Waals surface area (Å²) in [7, 11) is 0. The summed E-state index contributed by atoms with van der Waals surface area (Å²) in [6, 6.07) is 13.3. The Labute approximate surface area is 146 Å². The minimum Gasteiger partial charge on any atom is -0.394 e. The molecule has 0 aliphatic rings. The number of rotatable bonds is 7. The van der Waals surface area contributed by atoms with E-state index in [1.165, 1.54) is 0 Å². The second-order valence-corrected chi connectivity index (χ2v) is 5.47. The summed E-state index contributed by atoms with van der Waals surface area (Å²) >= 11 is 0. The van der Waals surface area contributed by atoms with Crippen molar-refractivity contribution in [3.8, 4) is 11.4 Å². The van der Waals surface area contributed by atoms with Crippen LogP contribution in [0.4, 0.5) is 17.6 Å². The monoisotopic (exact) mass is 336 g/mol. The molecule has 0 saturated heterocycles. The number of pyridine rings is 1. The molecular weight excluding hydrogens is 316 g/mol. The summed E-state index contributed by atoms with van der Waals surface area (Å²) < 4.78 is 0. The van der Waals surface area contributed by atoms with Gasteiger partial charge in [-0.15, -0.1) is 0 Å². The highest BCUT2D eigenvalue weighted by atomic mass is 16.3. The van der Waals surface area contributed by atoms with E-state index in [9.17, 15) is 5.11 Å². The van der Waals surface area contributed by atoms with Crippen molar-refractivity contribution in [2.24, 2.45) is 0 Å². The second-order valence-electron chi connectivity index (χ2n) is 5.47. The maximum atomic E-state index is 9.42. The highest BCUT2D eigenvalue weighted by Crippen LogP contribution is 2.20. The van der Waals surface area contributed by atoms with E-state index in [0.29, 0.717) is 17.7 Å². The number of benzene rings is 1. The first-order valence-corrected chi connectivity index (χ1v) is 8.14. The van der Waals surface area contributed by atoms with Gasteiger partial charge in [-0.1, -0.05) is 37.3 Å². The zero-order valence-electron chi connectivity index (χ0n) is 13.9. The van der Waals surface area contributed by atoms with Crippen LogP contribution in [-0.2, 0) is 0 Å². The molecule has 0 amide bonds. The molecule has 0 fully saturated rings. The Kier molecular flexibility index (Phi) is 5.48. The molecule has 1 atom stereocenters. The van der Waals surface area contributed by atoms with Crippen LogP contribution in [-0.4, -0.2) is 37.7 Å². The van der Waals surface area contributed by atoms with Crippen molar-refractivity contribution in [3.63, 3.8) is 0 Å². The number of aliphatic hydroxyl groups is 1. The molecule has 3 rings (SSSR count). The summed E-state index contributed by atoms with van der Waals surface area (Å²) in [5.41, 5.74) is 1.73. The van der Waals surface area contributed by atoms with Gasteiger partial charge in [0.15, 0.2) is 5.82 Å². The molecule has 2 heterocycles. The third-order valence-corrected chi connectivity index (χ3v) is 3.65.